The maximum Gasteiger partial charge on any atom is 0.243 e. The fraction of sp³-hybridized carbons (Fsp3) is 0.133. The first kappa shape index (κ1) is 16.3. The third-order valence-corrected chi connectivity index (χ3v) is 4.41. The van der Waals surface area contributed by atoms with Crippen LogP contribution in [0.5, 0.6) is 0 Å². The lowest BCUT2D eigenvalue weighted by molar-refractivity contribution is -0.114. The number of hydrogen-bond acceptors (Lipinski definition) is 2. The molecule has 0 heterocycles. The summed E-state index contributed by atoms with van der Waals surface area (Å²) < 4.78 is 1.85. The smallest absolute Gasteiger partial charge is 0.243 e. The average Bonchev–Trinajstić information content (AvgIpc) is 2.44. The minimum atomic E-state index is -0.124. The van der Waals surface area contributed by atoms with E-state index in [2.05, 4.69) is 42.5 Å². The largest absolute Gasteiger partial charge is 0.375 e. The van der Waals surface area contributed by atoms with Gasteiger partial charge < -0.3 is 10.6 Å². The first-order valence-electron chi connectivity index (χ1n) is 6.20. The van der Waals surface area contributed by atoms with Gasteiger partial charge in [-0.25, -0.2) is 0 Å². The fourth-order valence-electron chi connectivity index (χ4n) is 1.70. The topological polar surface area (TPSA) is 41.1 Å². The molecule has 0 saturated carbocycles. The summed E-state index contributed by atoms with van der Waals surface area (Å²) in [5, 5.41) is 6.54. The Bertz CT molecular complexity index is 659. The molecule has 1 amide bonds. The van der Waals surface area contributed by atoms with Gasteiger partial charge in [-0.2, -0.15) is 0 Å². The predicted octanol–water partition coefficient (Wildman–Crippen LogP) is 5.22. The van der Waals surface area contributed by atoms with Gasteiger partial charge in [-0.1, -0.05) is 27.5 Å². The van der Waals surface area contributed by atoms with Crippen molar-refractivity contribution in [2.24, 2.45) is 0 Å². The van der Waals surface area contributed by atoms with E-state index in [0.29, 0.717) is 5.02 Å². The van der Waals surface area contributed by atoms with Crippen molar-refractivity contribution in [1.82, 2.24) is 0 Å². The number of amides is 1. The molecule has 0 bridgehead atoms. The zero-order valence-electron chi connectivity index (χ0n) is 11.2. The number of carbonyl (C=O) groups is 1. The Morgan fingerprint density at radius 1 is 1.19 bits per heavy atom. The molecule has 110 valence electrons. The van der Waals surface area contributed by atoms with E-state index in [-0.39, 0.29) is 12.5 Å². The second-order valence-corrected chi connectivity index (χ2v) is 6.67. The van der Waals surface area contributed by atoms with Crippen LogP contribution in [-0.2, 0) is 4.79 Å². The predicted molar refractivity (Wildman–Crippen MR) is 95.2 cm³/mol. The molecule has 0 unspecified atom stereocenters. The molecule has 3 nitrogen and oxygen atoms in total. The summed E-state index contributed by atoms with van der Waals surface area (Å²) in [4.78, 5) is 11.9. The van der Waals surface area contributed by atoms with Gasteiger partial charge in [0.2, 0.25) is 5.91 Å². The summed E-state index contributed by atoms with van der Waals surface area (Å²) in [6.45, 7) is 2.09. The number of halogens is 3. The molecule has 6 heteroatoms. The quantitative estimate of drug-likeness (QED) is 0.695. The van der Waals surface area contributed by atoms with E-state index in [0.717, 1.165) is 25.9 Å². The molecular formula is C15H13Br2ClN2O. The highest BCUT2D eigenvalue weighted by atomic mass is 79.9. The Hall–Kier alpha value is -1.04. The van der Waals surface area contributed by atoms with E-state index in [9.17, 15) is 4.79 Å². The SMILES string of the molecule is Cc1cc(Br)c(NCC(=O)Nc2ccc(Br)cc2)cc1Cl. The minimum absolute atomic E-state index is 0.124. The van der Waals surface area contributed by atoms with Crippen molar-refractivity contribution in [3.8, 4) is 0 Å². The maximum absolute atomic E-state index is 11.9. The average molecular weight is 433 g/mol. The lowest BCUT2D eigenvalue weighted by atomic mass is 10.2. The molecule has 0 aliphatic heterocycles. The van der Waals surface area contributed by atoms with Gasteiger partial charge in [0, 0.05) is 19.7 Å². The summed E-state index contributed by atoms with van der Waals surface area (Å²) in [7, 11) is 0. The highest BCUT2D eigenvalue weighted by molar-refractivity contribution is 9.10. The van der Waals surface area contributed by atoms with Crippen molar-refractivity contribution >= 4 is 60.7 Å². The second-order valence-electron chi connectivity index (χ2n) is 4.49. The Labute approximate surface area is 145 Å². The fourth-order valence-corrected chi connectivity index (χ4v) is 2.72. The Morgan fingerprint density at radius 2 is 1.86 bits per heavy atom. The molecule has 0 saturated heterocycles. The van der Waals surface area contributed by atoms with Gasteiger partial charge in [0.1, 0.15) is 0 Å². The van der Waals surface area contributed by atoms with Crippen LogP contribution in [0.1, 0.15) is 5.56 Å². The van der Waals surface area contributed by atoms with E-state index >= 15 is 0 Å². The molecule has 0 aliphatic rings. The Morgan fingerprint density at radius 3 is 2.52 bits per heavy atom. The maximum atomic E-state index is 11.9. The van der Waals surface area contributed by atoms with Gasteiger partial charge in [0.25, 0.3) is 0 Å². The summed E-state index contributed by atoms with van der Waals surface area (Å²) in [5.74, 6) is -0.124. The van der Waals surface area contributed by atoms with E-state index in [4.69, 9.17) is 11.6 Å². The van der Waals surface area contributed by atoms with Gasteiger partial charge in [-0.3, -0.25) is 4.79 Å². The van der Waals surface area contributed by atoms with Crippen molar-refractivity contribution in [2.45, 2.75) is 6.92 Å². The summed E-state index contributed by atoms with van der Waals surface area (Å²) >= 11 is 12.9. The molecule has 2 aromatic rings. The lowest BCUT2D eigenvalue weighted by Crippen LogP contribution is -2.21. The zero-order chi connectivity index (χ0) is 15.4. The van der Waals surface area contributed by atoms with Crippen LogP contribution in [0.2, 0.25) is 5.02 Å². The van der Waals surface area contributed by atoms with Crippen LogP contribution in [-0.4, -0.2) is 12.5 Å². The number of benzene rings is 2. The van der Waals surface area contributed by atoms with Crippen LogP contribution in [0.3, 0.4) is 0 Å². The summed E-state index contributed by atoms with van der Waals surface area (Å²) in [5.41, 5.74) is 2.52. The lowest BCUT2D eigenvalue weighted by Gasteiger charge is -2.11. The summed E-state index contributed by atoms with van der Waals surface area (Å²) in [6.07, 6.45) is 0. The van der Waals surface area contributed by atoms with Gasteiger partial charge in [-0.15, -0.1) is 0 Å². The number of anilines is 2. The van der Waals surface area contributed by atoms with Crippen LogP contribution < -0.4 is 10.6 Å². The van der Waals surface area contributed by atoms with E-state index in [1.807, 2.05) is 37.3 Å². The monoisotopic (exact) mass is 430 g/mol. The minimum Gasteiger partial charge on any atom is -0.375 e. The highest BCUT2D eigenvalue weighted by Crippen LogP contribution is 2.29. The molecule has 0 radical (unpaired) electrons. The first-order valence-corrected chi connectivity index (χ1v) is 8.17. The van der Waals surface area contributed by atoms with Crippen LogP contribution in [0.15, 0.2) is 45.3 Å². The molecule has 0 spiro atoms. The normalized spacial score (nSPS) is 10.3. The molecular weight excluding hydrogens is 419 g/mol. The van der Waals surface area contributed by atoms with Gasteiger partial charge in [-0.05, 0) is 64.8 Å². The number of carbonyl (C=O) groups excluding carboxylic acids is 1. The van der Waals surface area contributed by atoms with E-state index in [1.165, 1.54) is 0 Å². The van der Waals surface area contributed by atoms with Crippen molar-refractivity contribution < 1.29 is 4.79 Å². The van der Waals surface area contributed by atoms with Gasteiger partial charge >= 0.3 is 0 Å². The van der Waals surface area contributed by atoms with Gasteiger partial charge in [0.05, 0.1) is 12.2 Å². The zero-order valence-corrected chi connectivity index (χ0v) is 15.1. The van der Waals surface area contributed by atoms with Crippen molar-refractivity contribution in [3.63, 3.8) is 0 Å². The van der Waals surface area contributed by atoms with Crippen LogP contribution in [0, 0.1) is 6.92 Å². The number of aryl methyl sites for hydroxylation is 1. The molecule has 2 N–H and O–H groups in total. The van der Waals surface area contributed by atoms with Crippen molar-refractivity contribution in [3.05, 3.63) is 55.9 Å². The third-order valence-electron chi connectivity index (χ3n) is 2.82. The molecule has 0 atom stereocenters. The Balaban J connectivity index is 1.95. The second kappa shape index (κ2) is 7.29. The molecule has 2 aromatic carbocycles. The first-order chi connectivity index (χ1) is 9.95. The van der Waals surface area contributed by atoms with E-state index in [1.54, 1.807) is 6.07 Å². The van der Waals surface area contributed by atoms with E-state index < -0.39 is 0 Å². The van der Waals surface area contributed by atoms with Crippen molar-refractivity contribution in [1.29, 1.82) is 0 Å². The number of nitrogens with one attached hydrogen (secondary N) is 2. The number of rotatable bonds is 4. The van der Waals surface area contributed by atoms with Gasteiger partial charge in [0.15, 0.2) is 0 Å². The molecule has 2 rings (SSSR count). The standard InChI is InChI=1S/C15H13Br2ClN2O/c1-9-6-12(17)14(7-13(9)18)19-8-15(21)20-11-4-2-10(16)3-5-11/h2-7,19H,8H2,1H3,(H,20,21). The summed E-state index contributed by atoms with van der Waals surface area (Å²) in [6, 6.07) is 11.1. The highest BCUT2D eigenvalue weighted by Gasteiger charge is 2.07. The molecule has 21 heavy (non-hydrogen) atoms. The molecule has 0 fully saturated rings. The third kappa shape index (κ3) is 4.73. The van der Waals surface area contributed by atoms with Crippen molar-refractivity contribution in [2.75, 3.05) is 17.2 Å². The van der Waals surface area contributed by atoms with Crippen LogP contribution >= 0.6 is 43.5 Å². The molecule has 0 aliphatic carbocycles. The Kier molecular flexibility index (Phi) is 5.67. The van der Waals surface area contributed by atoms with Crippen LogP contribution in [0.4, 0.5) is 11.4 Å². The molecule has 0 aromatic heterocycles. The number of hydrogen-bond donors (Lipinski definition) is 2. The van der Waals surface area contributed by atoms with Crippen LogP contribution in [0.25, 0.3) is 0 Å².